The Morgan fingerprint density at radius 2 is 2.05 bits per heavy atom. The zero-order chi connectivity index (χ0) is 14.8. The highest BCUT2D eigenvalue weighted by Gasteiger charge is 2.38. The van der Waals surface area contributed by atoms with E-state index in [2.05, 4.69) is 21.8 Å². The van der Waals surface area contributed by atoms with Gasteiger partial charge in [-0.2, -0.15) is 5.10 Å². The fraction of sp³-hybridized carbons (Fsp3) is 0.750. The Balaban J connectivity index is 1.67. The van der Waals surface area contributed by atoms with Crippen molar-refractivity contribution in [2.45, 2.75) is 58.2 Å². The summed E-state index contributed by atoms with van der Waals surface area (Å²) < 4.78 is 1.76. The summed E-state index contributed by atoms with van der Waals surface area (Å²) in [5.41, 5.74) is 1.11. The topological polar surface area (TPSA) is 41.4 Å². The van der Waals surface area contributed by atoms with E-state index in [4.69, 9.17) is 0 Å². The summed E-state index contributed by atoms with van der Waals surface area (Å²) in [5.74, 6) is 0.226. The maximum Gasteiger partial charge on any atom is 0.244 e. The van der Waals surface area contributed by atoms with Gasteiger partial charge in [0.05, 0.1) is 6.20 Å². The van der Waals surface area contributed by atoms with Gasteiger partial charge in [0.15, 0.2) is 0 Å². The van der Waals surface area contributed by atoms with Gasteiger partial charge in [-0.3, -0.25) is 14.4 Å². The summed E-state index contributed by atoms with van der Waals surface area (Å²) >= 11 is 0. The Bertz CT molecular complexity index is 498. The minimum Gasteiger partial charge on any atom is -0.337 e. The smallest absolute Gasteiger partial charge is 0.244 e. The van der Waals surface area contributed by atoms with Crippen LogP contribution in [0.2, 0.25) is 0 Å². The van der Waals surface area contributed by atoms with E-state index in [1.54, 1.807) is 4.68 Å². The van der Waals surface area contributed by atoms with Crippen molar-refractivity contribution in [1.29, 1.82) is 0 Å². The average Bonchev–Trinajstić information content (AvgIpc) is 3.16. The summed E-state index contributed by atoms with van der Waals surface area (Å²) in [5, 5.41) is 4.24. The molecule has 0 N–H and O–H groups in total. The van der Waals surface area contributed by atoms with E-state index in [1.165, 1.54) is 19.4 Å². The van der Waals surface area contributed by atoms with E-state index in [0.29, 0.717) is 18.6 Å². The normalized spacial score (nSPS) is 26.7. The molecule has 5 heteroatoms. The first-order chi connectivity index (χ1) is 10.2. The van der Waals surface area contributed by atoms with Crippen LogP contribution in [-0.2, 0) is 11.3 Å². The second-order valence-electron chi connectivity index (χ2n) is 6.35. The van der Waals surface area contributed by atoms with Gasteiger partial charge in [0.25, 0.3) is 0 Å². The Hall–Kier alpha value is -1.36. The Morgan fingerprint density at radius 1 is 1.29 bits per heavy atom. The third-order valence-electron chi connectivity index (χ3n) is 4.94. The molecular formula is C16H26N4O. The quantitative estimate of drug-likeness (QED) is 0.847. The number of amides is 1. The van der Waals surface area contributed by atoms with Crippen LogP contribution in [0.4, 0.5) is 0 Å². The van der Waals surface area contributed by atoms with Crippen LogP contribution in [0.5, 0.6) is 0 Å². The van der Waals surface area contributed by atoms with Gasteiger partial charge in [-0.25, -0.2) is 0 Å². The fourth-order valence-corrected chi connectivity index (χ4v) is 3.97. The lowest BCUT2D eigenvalue weighted by molar-refractivity contribution is -0.133. The second kappa shape index (κ2) is 6.18. The van der Waals surface area contributed by atoms with Gasteiger partial charge < -0.3 is 4.90 Å². The molecule has 1 aromatic rings. The van der Waals surface area contributed by atoms with Crippen LogP contribution in [0.1, 0.15) is 38.2 Å². The molecule has 1 aromatic heterocycles. The number of carbonyl (C=O) groups is 1. The van der Waals surface area contributed by atoms with Gasteiger partial charge in [-0.1, -0.05) is 6.92 Å². The molecule has 21 heavy (non-hydrogen) atoms. The molecule has 0 bridgehead atoms. The Kier molecular flexibility index (Phi) is 4.29. The van der Waals surface area contributed by atoms with Gasteiger partial charge in [-0.05, 0) is 51.3 Å². The molecule has 3 heterocycles. The van der Waals surface area contributed by atoms with Crippen molar-refractivity contribution in [1.82, 2.24) is 19.6 Å². The number of nitrogens with zero attached hydrogens (tertiary/aromatic N) is 4. The predicted octanol–water partition coefficient (Wildman–Crippen LogP) is 1.67. The molecule has 2 aliphatic heterocycles. The first-order valence-corrected chi connectivity index (χ1v) is 8.21. The van der Waals surface area contributed by atoms with Crippen LogP contribution in [0, 0.1) is 6.92 Å². The van der Waals surface area contributed by atoms with Crippen LogP contribution in [0.3, 0.4) is 0 Å². The average molecular weight is 290 g/mol. The monoisotopic (exact) mass is 290 g/mol. The van der Waals surface area contributed by atoms with E-state index in [-0.39, 0.29) is 5.91 Å². The molecule has 116 valence electrons. The maximum absolute atomic E-state index is 12.6. The van der Waals surface area contributed by atoms with Crippen molar-refractivity contribution in [2.75, 3.05) is 19.6 Å². The maximum atomic E-state index is 12.6. The van der Waals surface area contributed by atoms with Crippen molar-refractivity contribution in [3.63, 3.8) is 0 Å². The standard InChI is InChI=1S/C16H26N4O/c1-3-18-8-4-6-14(18)15-7-5-9-20(15)16(21)12-19-11-13(2)10-17-19/h10-11,14-15H,3-9,12H2,1-2H3/t14-,15+/m0/s1. The number of likely N-dealkylation sites (N-methyl/N-ethyl adjacent to an activating group) is 1. The van der Waals surface area contributed by atoms with Gasteiger partial charge in [0, 0.05) is 24.8 Å². The molecule has 2 aliphatic rings. The van der Waals surface area contributed by atoms with Crippen molar-refractivity contribution < 1.29 is 4.79 Å². The molecular weight excluding hydrogens is 264 g/mol. The van der Waals surface area contributed by atoms with Gasteiger partial charge in [-0.15, -0.1) is 0 Å². The number of rotatable bonds is 4. The molecule has 0 unspecified atom stereocenters. The highest BCUT2D eigenvalue weighted by molar-refractivity contribution is 5.76. The Morgan fingerprint density at radius 3 is 2.76 bits per heavy atom. The van der Waals surface area contributed by atoms with Crippen molar-refractivity contribution >= 4 is 5.91 Å². The van der Waals surface area contributed by atoms with Crippen LogP contribution in [0.25, 0.3) is 0 Å². The van der Waals surface area contributed by atoms with Crippen LogP contribution >= 0.6 is 0 Å². The van der Waals surface area contributed by atoms with Gasteiger partial charge in [0.1, 0.15) is 6.54 Å². The lowest BCUT2D eigenvalue weighted by Crippen LogP contribution is -2.49. The fourth-order valence-electron chi connectivity index (χ4n) is 3.97. The number of aromatic nitrogens is 2. The molecule has 3 rings (SSSR count). The van der Waals surface area contributed by atoms with E-state index >= 15 is 0 Å². The molecule has 2 fully saturated rings. The summed E-state index contributed by atoms with van der Waals surface area (Å²) in [4.78, 5) is 17.3. The van der Waals surface area contributed by atoms with Crippen LogP contribution < -0.4 is 0 Å². The minimum absolute atomic E-state index is 0.226. The summed E-state index contributed by atoms with van der Waals surface area (Å²) in [7, 11) is 0. The van der Waals surface area contributed by atoms with E-state index < -0.39 is 0 Å². The van der Waals surface area contributed by atoms with Crippen molar-refractivity contribution in [2.24, 2.45) is 0 Å². The molecule has 0 saturated carbocycles. The number of carbonyl (C=O) groups excluding carboxylic acids is 1. The van der Waals surface area contributed by atoms with Crippen LogP contribution in [-0.4, -0.2) is 57.2 Å². The number of likely N-dealkylation sites (tertiary alicyclic amines) is 2. The largest absolute Gasteiger partial charge is 0.337 e. The Labute approximate surface area is 126 Å². The highest BCUT2D eigenvalue weighted by Crippen LogP contribution is 2.29. The number of aryl methyl sites for hydroxylation is 1. The summed E-state index contributed by atoms with van der Waals surface area (Å²) in [6.45, 7) is 7.82. The lowest BCUT2D eigenvalue weighted by atomic mass is 10.0. The van der Waals surface area contributed by atoms with Gasteiger partial charge >= 0.3 is 0 Å². The zero-order valence-electron chi connectivity index (χ0n) is 13.2. The zero-order valence-corrected chi connectivity index (χ0v) is 13.2. The van der Waals surface area contributed by atoms with E-state index in [1.807, 2.05) is 19.3 Å². The molecule has 2 saturated heterocycles. The first-order valence-electron chi connectivity index (χ1n) is 8.21. The lowest BCUT2D eigenvalue weighted by Gasteiger charge is -2.34. The molecule has 5 nitrogen and oxygen atoms in total. The molecule has 0 aromatic carbocycles. The predicted molar refractivity (Wildman–Crippen MR) is 82.0 cm³/mol. The second-order valence-corrected chi connectivity index (χ2v) is 6.35. The van der Waals surface area contributed by atoms with Crippen LogP contribution in [0.15, 0.2) is 12.4 Å². The van der Waals surface area contributed by atoms with E-state index in [0.717, 1.165) is 31.5 Å². The summed E-state index contributed by atoms with van der Waals surface area (Å²) in [6, 6.07) is 0.984. The number of hydrogen-bond acceptors (Lipinski definition) is 3. The third kappa shape index (κ3) is 2.98. The van der Waals surface area contributed by atoms with Crippen molar-refractivity contribution in [3.05, 3.63) is 18.0 Å². The molecule has 0 spiro atoms. The molecule has 1 amide bonds. The van der Waals surface area contributed by atoms with E-state index in [9.17, 15) is 4.79 Å². The van der Waals surface area contributed by atoms with Gasteiger partial charge in [0.2, 0.25) is 5.91 Å². The summed E-state index contributed by atoms with van der Waals surface area (Å²) in [6.07, 6.45) is 8.56. The molecule has 0 radical (unpaired) electrons. The van der Waals surface area contributed by atoms with Crippen molar-refractivity contribution in [3.8, 4) is 0 Å². The molecule has 0 aliphatic carbocycles. The third-order valence-corrected chi connectivity index (χ3v) is 4.94. The number of hydrogen-bond donors (Lipinski definition) is 0. The first kappa shape index (κ1) is 14.6. The highest BCUT2D eigenvalue weighted by atomic mass is 16.2. The minimum atomic E-state index is 0.226. The molecule has 2 atom stereocenters. The SMILES string of the molecule is CCN1CCC[C@H]1[C@H]1CCCN1C(=O)Cn1cc(C)cn1.